The Hall–Kier alpha value is -1.10. The van der Waals surface area contributed by atoms with Crippen LogP contribution in [0.4, 0.5) is 0 Å². The molecule has 1 heterocycles. The van der Waals surface area contributed by atoms with Crippen LogP contribution in [0, 0.1) is 0 Å². The molecule has 5 heteroatoms. The highest BCUT2D eigenvalue weighted by molar-refractivity contribution is 5.76. The molecule has 0 atom stereocenters. The first kappa shape index (κ1) is 15.0. The van der Waals surface area contributed by atoms with Crippen LogP contribution in [-0.2, 0) is 9.59 Å². The minimum absolute atomic E-state index is 0.0837. The third-order valence-electron chi connectivity index (χ3n) is 3.53. The van der Waals surface area contributed by atoms with Crippen LogP contribution in [0.2, 0.25) is 0 Å². The first-order chi connectivity index (χ1) is 8.50. The molecule has 0 N–H and O–H groups in total. The van der Waals surface area contributed by atoms with Crippen LogP contribution in [0.5, 0.6) is 0 Å². The molecule has 2 amide bonds. The van der Waals surface area contributed by atoms with Crippen molar-refractivity contribution in [1.29, 1.82) is 0 Å². The molecule has 104 valence electrons. The van der Waals surface area contributed by atoms with E-state index in [0.29, 0.717) is 6.42 Å². The average Bonchev–Trinajstić information content (AvgIpc) is 2.34. The Bertz CT molecular complexity index is 286. The van der Waals surface area contributed by atoms with Gasteiger partial charge in [0, 0.05) is 53.1 Å². The molecule has 0 aliphatic carbocycles. The summed E-state index contributed by atoms with van der Waals surface area (Å²) >= 11 is 0. The van der Waals surface area contributed by atoms with Gasteiger partial charge in [0.1, 0.15) is 0 Å². The number of unbranched alkanes of at least 4 members (excludes halogenated alkanes) is 1. The Kier molecular flexibility index (Phi) is 6.12. The van der Waals surface area contributed by atoms with E-state index in [9.17, 15) is 9.59 Å². The van der Waals surface area contributed by atoms with Crippen LogP contribution in [-0.4, -0.2) is 73.3 Å². The fourth-order valence-corrected chi connectivity index (χ4v) is 2.00. The van der Waals surface area contributed by atoms with Crippen molar-refractivity contribution in [2.24, 2.45) is 0 Å². The number of nitrogens with zero attached hydrogens (tertiary/aromatic N) is 3. The van der Waals surface area contributed by atoms with Crippen LogP contribution in [0.25, 0.3) is 0 Å². The zero-order valence-electron chi connectivity index (χ0n) is 11.8. The van der Waals surface area contributed by atoms with E-state index in [1.54, 1.807) is 18.9 Å². The molecule has 0 radical (unpaired) electrons. The van der Waals surface area contributed by atoms with Crippen molar-refractivity contribution >= 4 is 11.8 Å². The molecule has 1 aliphatic heterocycles. The zero-order valence-corrected chi connectivity index (χ0v) is 11.8. The van der Waals surface area contributed by atoms with Crippen LogP contribution in [0.1, 0.15) is 26.2 Å². The summed E-state index contributed by atoms with van der Waals surface area (Å²) in [7, 11) is 3.88. The van der Waals surface area contributed by atoms with Gasteiger partial charge < -0.3 is 14.7 Å². The SMILES string of the molecule is CC(=O)N(C)CCCCC(=O)N1CCN(C)CC1. The lowest BCUT2D eigenvalue weighted by molar-refractivity contribution is -0.132. The van der Waals surface area contributed by atoms with Crippen LogP contribution >= 0.6 is 0 Å². The zero-order chi connectivity index (χ0) is 13.5. The second kappa shape index (κ2) is 7.36. The summed E-state index contributed by atoms with van der Waals surface area (Å²) in [6.07, 6.45) is 2.37. The Labute approximate surface area is 110 Å². The Balaban J connectivity index is 2.12. The highest BCUT2D eigenvalue weighted by Crippen LogP contribution is 2.05. The molecule has 1 aliphatic rings. The molecule has 1 saturated heterocycles. The minimum Gasteiger partial charge on any atom is -0.346 e. The summed E-state index contributed by atoms with van der Waals surface area (Å²) in [5, 5.41) is 0. The number of hydrogen-bond donors (Lipinski definition) is 0. The monoisotopic (exact) mass is 255 g/mol. The van der Waals surface area contributed by atoms with Gasteiger partial charge in [-0.1, -0.05) is 0 Å². The fourth-order valence-electron chi connectivity index (χ4n) is 2.00. The Morgan fingerprint density at radius 2 is 1.72 bits per heavy atom. The number of hydrogen-bond acceptors (Lipinski definition) is 3. The summed E-state index contributed by atoms with van der Waals surface area (Å²) in [5.41, 5.74) is 0. The van der Waals surface area contributed by atoms with Crippen molar-refractivity contribution in [1.82, 2.24) is 14.7 Å². The van der Waals surface area contributed by atoms with Crippen molar-refractivity contribution < 1.29 is 9.59 Å². The van der Waals surface area contributed by atoms with Gasteiger partial charge in [-0.3, -0.25) is 9.59 Å². The van der Waals surface area contributed by atoms with Gasteiger partial charge in [0.25, 0.3) is 0 Å². The minimum atomic E-state index is 0.0837. The molecule has 0 saturated carbocycles. The molecule has 1 fully saturated rings. The maximum atomic E-state index is 11.9. The van der Waals surface area contributed by atoms with Gasteiger partial charge in [-0.2, -0.15) is 0 Å². The van der Waals surface area contributed by atoms with Gasteiger partial charge >= 0.3 is 0 Å². The highest BCUT2D eigenvalue weighted by Gasteiger charge is 2.18. The van der Waals surface area contributed by atoms with Gasteiger partial charge in [-0.25, -0.2) is 0 Å². The van der Waals surface area contributed by atoms with Gasteiger partial charge in [0.05, 0.1) is 0 Å². The van der Waals surface area contributed by atoms with E-state index < -0.39 is 0 Å². The molecule has 0 bridgehead atoms. The Morgan fingerprint density at radius 1 is 1.11 bits per heavy atom. The van der Waals surface area contributed by atoms with E-state index in [1.165, 1.54) is 0 Å². The molecule has 5 nitrogen and oxygen atoms in total. The molecular weight excluding hydrogens is 230 g/mol. The predicted molar refractivity (Wildman–Crippen MR) is 71.2 cm³/mol. The lowest BCUT2D eigenvalue weighted by Gasteiger charge is -2.32. The van der Waals surface area contributed by atoms with Crippen LogP contribution in [0.15, 0.2) is 0 Å². The molecule has 18 heavy (non-hydrogen) atoms. The average molecular weight is 255 g/mol. The quantitative estimate of drug-likeness (QED) is 0.668. The summed E-state index contributed by atoms with van der Waals surface area (Å²) < 4.78 is 0. The molecular formula is C13H25N3O2. The van der Waals surface area contributed by atoms with Gasteiger partial charge in [0.15, 0.2) is 0 Å². The summed E-state index contributed by atoms with van der Waals surface area (Å²) in [6.45, 7) is 5.95. The predicted octanol–water partition coefficient (Wildman–Crippen LogP) is 0.409. The van der Waals surface area contributed by atoms with Crippen molar-refractivity contribution in [3.63, 3.8) is 0 Å². The van der Waals surface area contributed by atoms with Gasteiger partial charge in [0.2, 0.25) is 11.8 Å². The highest BCUT2D eigenvalue weighted by atomic mass is 16.2. The van der Waals surface area contributed by atoms with Crippen molar-refractivity contribution in [2.75, 3.05) is 46.8 Å². The number of carbonyl (C=O) groups excluding carboxylic acids is 2. The standard InChI is InChI=1S/C13H25N3O2/c1-12(17)15(3)7-5-4-6-13(18)16-10-8-14(2)9-11-16/h4-11H2,1-3H3. The maximum absolute atomic E-state index is 11.9. The number of piperazine rings is 1. The third kappa shape index (κ3) is 5.04. The maximum Gasteiger partial charge on any atom is 0.222 e. The normalized spacial score (nSPS) is 16.7. The number of amides is 2. The van der Waals surface area contributed by atoms with Crippen molar-refractivity contribution in [2.45, 2.75) is 26.2 Å². The molecule has 0 aromatic rings. The Morgan fingerprint density at radius 3 is 2.28 bits per heavy atom. The smallest absolute Gasteiger partial charge is 0.222 e. The lowest BCUT2D eigenvalue weighted by atomic mass is 10.2. The van der Waals surface area contributed by atoms with E-state index in [0.717, 1.165) is 45.6 Å². The van der Waals surface area contributed by atoms with Crippen LogP contribution in [0.3, 0.4) is 0 Å². The second-order valence-corrected chi connectivity index (χ2v) is 5.08. The van der Waals surface area contributed by atoms with E-state index >= 15 is 0 Å². The first-order valence-electron chi connectivity index (χ1n) is 6.68. The van der Waals surface area contributed by atoms with Crippen LogP contribution < -0.4 is 0 Å². The number of likely N-dealkylation sites (N-methyl/N-ethyl adjacent to an activating group) is 1. The summed E-state index contributed by atoms with van der Waals surface area (Å²) in [6, 6.07) is 0. The third-order valence-corrected chi connectivity index (χ3v) is 3.53. The summed E-state index contributed by atoms with van der Waals surface area (Å²) in [4.78, 5) is 28.8. The molecule has 1 rings (SSSR count). The van der Waals surface area contributed by atoms with Crippen molar-refractivity contribution in [3.05, 3.63) is 0 Å². The first-order valence-corrected chi connectivity index (χ1v) is 6.68. The molecule has 0 aromatic heterocycles. The fraction of sp³-hybridized carbons (Fsp3) is 0.846. The van der Waals surface area contributed by atoms with Gasteiger partial charge in [-0.15, -0.1) is 0 Å². The van der Waals surface area contributed by atoms with Crippen molar-refractivity contribution in [3.8, 4) is 0 Å². The lowest BCUT2D eigenvalue weighted by Crippen LogP contribution is -2.47. The molecule has 0 unspecified atom stereocenters. The van der Waals surface area contributed by atoms with E-state index in [-0.39, 0.29) is 11.8 Å². The second-order valence-electron chi connectivity index (χ2n) is 5.08. The number of carbonyl (C=O) groups is 2. The van der Waals surface area contributed by atoms with E-state index in [1.807, 2.05) is 4.90 Å². The topological polar surface area (TPSA) is 43.9 Å². The van der Waals surface area contributed by atoms with E-state index in [2.05, 4.69) is 11.9 Å². The van der Waals surface area contributed by atoms with Gasteiger partial charge in [-0.05, 0) is 19.9 Å². The summed E-state index contributed by atoms with van der Waals surface area (Å²) in [5.74, 6) is 0.342. The number of rotatable bonds is 5. The molecule has 0 spiro atoms. The largest absolute Gasteiger partial charge is 0.346 e. The van der Waals surface area contributed by atoms with E-state index in [4.69, 9.17) is 0 Å². The molecule has 0 aromatic carbocycles.